The van der Waals surface area contributed by atoms with E-state index in [-0.39, 0.29) is 4.21 Å². The maximum absolute atomic E-state index is 10.3. The Morgan fingerprint density at radius 1 is 1.10 bits per heavy atom. The second-order valence-corrected chi connectivity index (χ2v) is 6.90. The van der Waals surface area contributed by atoms with Gasteiger partial charge < -0.3 is 0 Å². The lowest BCUT2D eigenvalue weighted by molar-refractivity contribution is 0.485. The molecule has 0 bridgehead atoms. The molecule has 0 radical (unpaired) electrons. The van der Waals surface area contributed by atoms with Gasteiger partial charge in [-0.3, -0.25) is 9.54 Å². The molecule has 0 aliphatic rings. The Morgan fingerprint density at radius 2 is 1.86 bits per heavy atom. The normalized spacial score (nSPS) is 11.0. The highest BCUT2D eigenvalue weighted by Gasteiger charge is 2.08. The van der Waals surface area contributed by atoms with E-state index in [4.69, 9.17) is 16.2 Å². The van der Waals surface area contributed by atoms with Crippen LogP contribution in [0.2, 0.25) is 0 Å². The maximum atomic E-state index is 10.3. The summed E-state index contributed by atoms with van der Waals surface area (Å²) >= 11 is 6.66. The molecular weight excluding hydrogens is 330 g/mol. The van der Waals surface area contributed by atoms with Gasteiger partial charge in [0.05, 0.1) is 17.1 Å². The average molecular weight is 342 g/mol. The lowest BCUT2D eigenvalue weighted by atomic mass is 10.2. The molecule has 110 valence electrons. The van der Waals surface area contributed by atoms with E-state index in [1.54, 1.807) is 11.4 Å². The van der Waals surface area contributed by atoms with Crippen molar-refractivity contribution in [3.63, 3.8) is 0 Å². The molecule has 2 aromatic heterocycles. The molecule has 2 heterocycles. The summed E-state index contributed by atoms with van der Waals surface area (Å²) in [7, 11) is -3.94. The fraction of sp³-hybridized carbons (Fsp3) is 0.0714. The minimum absolute atomic E-state index is 0.0116. The Hall–Kier alpha value is -1.47. The Labute approximate surface area is 131 Å². The number of para-hydroxylation sites is 1. The summed E-state index contributed by atoms with van der Waals surface area (Å²) in [5.74, 6) is 0.477. The summed E-state index contributed by atoms with van der Waals surface area (Å²) in [6.07, 6.45) is 0. The van der Waals surface area contributed by atoms with Gasteiger partial charge in [-0.05, 0) is 23.6 Å². The average Bonchev–Trinajstić information content (AvgIpc) is 3.02. The molecule has 3 aromatic rings. The summed E-state index contributed by atoms with van der Waals surface area (Å²) in [5, 5.41) is 2.75. The second-order valence-electron chi connectivity index (χ2n) is 4.04. The van der Waals surface area contributed by atoms with Crippen molar-refractivity contribution < 1.29 is 13.0 Å². The first-order valence-electron chi connectivity index (χ1n) is 5.92. The number of nitrogens with zero attached hydrogens (tertiary/aromatic N) is 1. The zero-order valence-corrected chi connectivity index (χ0v) is 13.2. The van der Waals surface area contributed by atoms with E-state index in [1.165, 1.54) is 6.07 Å². The summed E-state index contributed by atoms with van der Waals surface area (Å²) in [5.41, 5.74) is 1.94. The van der Waals surface area contributed by atoms with Crippen LogP contribution in [0, 0.1) is 0 Å². The summed E-state index contributed by atoms with van der Waals surface area (Å²) in [4.78, 5) is 4.36. The molecule has 1 aromatic carbocycles. The molecular formula is C14H12ClNO3S2. The minimum atomic E-state index is -3.94. The lowest BCUT2D eigenvalue weighted by Gasteiger charge is -1.97. The quantitative estimate of drug-likeness (QED) is 0.565. The molecule has 7 heteroatoms. The third-order valence-electron chi connectivity index (χ3n) is 2.54. The van der Waals surface area contributed by atoms with E-state index in [0.29, 0.717) is 5.88 Å². The molecule has 1 N–H and O–H groups in total. The van der Waals surface area contributed by atoms with Crippen LogP contribution in [0.15, 0.2) is 58.1 Å². The number of hydrogen-bond acceptors (Lipinski definition) is 4. The van der Waals surface area contributed by atoms with Crippen molar-refractivity contribution >= 4 is 44.0 Å². The first kappa shape index (κ1) is 15.9. The Balaban J connectivity index is 0.000000161. The van der Waals surface area contributed by atoms with Gasteiger partial charge in [-0.25, -0.2) is 0 Å². The van der Waals surface area contributed by atoms with Crippen LogP contribution in [0.4, 0.5) is 0 Å². The number of pyridine rings is 1. The Morgan fingerprint density at radius 3 is 2.43 bits per heavy atom. The van der Waals surface area contributed by atoms with Gasteiger partial charge in [0.2, 0.25) is 0 Å². The minimum Gasteiger partial charge on any atom is -0.281 e. The molecule has 21 heavy (non-hydrogen) atoms. The van der Waals surface area contributed by atoms with Gasteiger partial charge in [-0.1, -0.05) is 30.3 Å². The molecule has 0 fully saturated rings. The molecule has 0 aliphatic heterocycles. The maximum Gasteiger partial charge on any atom is 0.304 e. The smallest absolute Gasteiger partial charge is 0.281 e. The van der Waals surface area contributed by atoms with Gasteiger partial charge in [0.1, 0.15) is 4.21 Å². The standard InChI is InChI=1S/C10H8ClN.C4H4O3S2/c11-7-9-6-5-8-3-1-2-4-10(8)12-9;5-9(6,7)4-2-1-3-8-4/h1-6H,7H2;1-3H,(H,5,6,7). The van der Waals surface area contributed by atoms with Gasteiger partial charge in [-0.2, -0.15) is 8.42 Å². The number of thiophene rings is 1. The van der Waals surface area contributed by atoms with Crippen molar-refractivity contribution in [2.45, 2.75) is 10.1 Å². The van der Waals surface area contributed by atoms with Crippen LogP contribution in [-0.4, -0.2) is 18.0 Å². The van der Waals surface area contributed by atoms with Crippen LogP contribution in [0.25, 0.3) is 10.9 Å². The lowest BCUT2D eigenvalue weighted by Crippen LogP contribution is -1.92. The number of fused-ring (bicyclic) bond motifs is 1. The van der Waals surface area contributed by atoms with Crippen molar-refractivity contribution in [1.29, 1.82) is 0 Å². The van der Waals surface area contributed by atoms with Crippen molar-refractivity contribution in [3.8, 4) is 0 Å². The van der Waals surface area contributed by atoms with Crippen LogP contribution in [-0.2, 0) is 16.0 Å². The van der Waals surface area contributed by atoms with Gasteiger partial charge in [0, 0.05) is 5.39 Å². The second kappa shape index (κ2) is 7.00. The van der Waals surface area contributed by atoms with Crippen molar-refractivity contribution in [1.82, 2.24) is 4.98 Å². The first-order valence-corrected chi connectivity index (χ1v) is 8.78. The SMILES string of the molecule is ClCc1ccc2ccccc2n1.O=S(=O)(O)c1cccs1. The van der Waals surface area contributed by atoms with Gasteiger partial charge >= 0.3 is 10.1 Å². The largest absolute Gasteiger partial charge is 0.304 e. The van der Waals surface area contributed by atoms with E-state index < -0.39 is 10.1 Å². The topological polar surface area (TPSA) is 67.3 Å². The first-order chi connectivity index (χ1) is 10.0. The third-order valence-corrected chi connectivity index (χ3v) is 5.04. The van der Waals surface area contributed by atoms with Gasteiger partial charge in [-0.15, -0.1) is 22.9 Å². The number of hydrogen-bond donors (Lipinski definition) is 1. The molecule has 3 rings (SSSR count). The Bertz CT molecular complexity index is 817. The van der Waals surface area contributed by atoms with Crippen molar-refractivity contribution in [2.75, 3.05) is 0 Å². The van der Waals surface area contributed by atoms with Crippen LogP contribution < -0.4 is 0 Å². The molecule has 0 aliphatic carbocycles. The predicted octanol–water partition coefficient (Wildman–Crippen LogP) is 3.97. The van der Waals surface area contributed by atoms with Crippen LogP contribution >= 0.6 is 22.9 Å². The predicted molar refractivity (Wildman–Crippen MR) is 85.4 cm³/mol. The fourth-order valence-corrected chi connectivity index (χ4v) is 3.09. The number of alkyl halides is 1. The highest BCUT2D eigenvalue weighted by Crippen LogP contribution is 2.14. The summed E-state index contributed by atoms with van der Waals surface area (Å²) in [6.45, 7) is 0. The van der Waals surface area contributed by atoms with E-state index in [9.17, 15) is 8.42 Å². The van der Waals surface area contributed by atoms with Crippen LogP contribution in [0.5, 0.6) is 0 Å². The number of rotatable bonds is 2. The summed E-state index contributed by atoms with van der Waals surface area (Å²) in [6, 6.07) is 14.9. The fourth-order valence-electron chi connectivity index (χ4n) is 1.59. The van der Waals surface area contributed by atoms with Crippen LogP contribution in [0.3, 0.4) is 0 Å². The highest BCUT2D eigenvalue weighted by molar-refractivity contribution is 7.88. The van der Waals surface area contributed by atoms with Crippen LogP contribution in [0.1, 0.15) is 5.69 Å². The zero-order chi connectivity index (χ0) is 15.3. The zero-order valence-electron chi connectivity index (χ0n) is 10.8. The van der Waals surface area contributed by atoms with Crippen molar-refractivity contribution in [3.05, 3.63) is 59.6 Å². The molecule has 0 spiro atoms. The third kappa shape index (κ3) is 4.50. The monoisotopic (exact) mass is 341 g/mol. The molecule has 0 saturated heterocycles. The number of benzene rings is 1. The molecule has 0 saturated carbocycles. The molecule has 4 nitrogen and oxygen atoms in total. The van der Waals surface area contributed by atoms with Crippen molar-refractivity contribution in [2.24, 2.45) is 0 Å². The summed E-state index contributed by atoms with van der Waals surface area (Å²) < 4.78 is 28.9. The van der Waals surface area contributed by atoms with Gasteiger partial charge in [0.25, 0.3) is 0 Å². The number of halogens is 1. The number of aromatic nitrogens is 1. The van der Waals surface area contributed by atoms with E-state index in [1.807, 2.05) is 36.4 Å². The highest BCUT2D eigenvalue weighted by atomic mass is 35.5. The molecule has 0 atom stereocenters. The Kier molecular flexibility index (Phi) is 5.30. The molecule has 0 unspecified atom stereocenters. The van der Waals surface area contributed by atoms with Gasteiger partial charge in [0.15, 0.2) is 0 Å². The molecule has 0 amide bonds. The van der Waals surface area contributed by atoms with E-state index in [0.717, 1.165) is 27.9 Å². The van der Waals surface area contributed by atoms with E-state index >= 15 is 0 Å². The van der Waals surface area contributed by atoms with E-state index in [2.05, 4.69) is 4.98 Å².